The molecule has 29 heavy (non-hydrogen) atoms. The molecule has 3 rings (SSSR count). The molecule has 1 aliphatic heterocycles. The maximum Gasteiger partial charge on any atom is 0.263 e. The molecule has 7 nitrogen and oxygen atoms in total. The van der Waals surface area contributed by atoms with E-state index in [4.69, 9.17) is 0 Å². The van der Waals surface area contributed by atoms with Crippen molar-refractivity contribution in [3.8, 4) is 0 Å². The number of halogens is 1. The Bertz CT molecular complexity index is 1040. The zero-order valence-electron chi connectivity index (χ0n) is 16.2. The fourth-order valence-corrected chi connectivity index (χ4v) is 4.62. The predicted molar refractivity (Wildman–Crippen MR) is 107 cm³/mol. The summed E-state index contributed by atoms with van der Waals surface area (Å²) in [5, 5.41) is 0. The van der Waals surface area contributed by atoms with E-state index in [2.05, 4.69) is 4.72 Å². The first-order valence-corrected chi connectivity index (χ1v) is 11.1. The lowest BCUT2D eigenvalue weighted by Gasteiger charge is -2.32. The van der Waals surface area contributed by atoms with Gasteiger partial charge in [-0.25, -0.2) is 17.5 Å². The lowest BCUT2D eigenvalue weighted by molar-refractivity contribution is 0.0689. The fraction of sp³-hybridized carbons (Fsp3) is 0.400. The predicted octanol–water partition coefficient (Wildman–Crippen LogP) is 1.50. The number of sulfonamides is 1. The summed E-state index contributed by atoms with van der Waals surface area (Å²) in [6, 6.07) is 8.71. The molecule has 1 aliphatic rings. The van der Waals surface area contributed by atoms with Crippen molar-refractivity contribution in [2.24, 2.45) is 13.0 Å². The number of rotatable bonds is 6. The van der Waals surface area contributed by atoms with Gasteiger partial charge in [0.25, 0.3) is 11.5 Å². The molecular weight excluding hydrogens is 397 g/mol. The molecule has 1 N–H and O–H groups in total. The van der Waals surface area contributed by atoms with Crippen LogP contribution in [0, 0.1) is 11.7 Å². The van der Waals surface area contributed by atoms with Crippen LogP contribution in [0.15, 0.2) is 47.4 Å². The lowest BCUT2D eigenvalue weighted by Crippen LogP contribution is -2.43. The van der Waals surface area contributed by atoms with Gasteiger partial charge < -0.3 is 9.47 Å². The molecule has 0 saturated carbocycles. The molecule has 2 heterocycles. The number of hydrogen-bond donors (Lipinski definition) is 1. The highest BCUT2D eigenvalue weighted by Gasteiger charge is 2.26. The van der Waals surface area contributed by atoms with Crippen molar-refractivity contribution in [3.63, 3.8) is 0 Å². The highest BCUT2D eigenvalue weighted by Crippen LogP contribution is 2.18. The van der Waals surface area contributed by atoms with E-state index < -0.39 is 15.8 Å². The molecule has 1 fully saturated rings. The van der Waals surface area contributed by atoms with E-state index in [0.29, 0.717) is 31.5 Å². The second-order valence-corrected chi connectivity index (χ2v) is 9.12. The Morgan fingerprint density at radius 2 is 1.93 bits per heavy atom. The zero-order chi connectivity index (χ0) is 21.0. The second-order valence-electron chi connectivity index (χ2n) is 7.31. The van der Waals surface area contributed by atoms with Crippen LogP contribution in [0.25, 0.3) is 0 Å². The van der Waals surface area contributed by atoms with E-state index in [0.717, 1.165) is 0 Å². The average Bonchev–Trinajstić information content (AvgIpc) is 2.68. The Kier molecular flexibility index (Phi) is 6.49. The summed E-state index contributed by atoms with van der Waals surface area (Å²) < 4.78 is 41.7. The quantitative estimate of drug-likeness (QED) is 0.766. The molecule has 0 aliphatic carbocycles. The Morgan fingerprint density at radius 3 is 2.62 bits per heavy atom. The summed E-state index contributed by atoms with van der Waals surface area (Å²) in [5.74, 6) is -0.946. The number of piperidine rings is 1. The topological polar surface area (TPSA) is 88.5 Å². The van der Waals surface area contributed by atoms with Crippen molar-refractivity contribution in [1.82, 2.24) is 14.2 Å². The number of carbonyl (C=O) groups is 1. The van der Waals surface area contributed by atoms with Crippen LogP contribution in [0.1, 0.15) is 28.8 Å². The molecule has 1 aromatic carbocycles. The number of carbonyl (C=O) groups excluding carboxylic acids is 1. The van der Waals surface area contributed by atoms with Crippen molar-refractivity contribution in [2.75, 3.05) is 19.6 Å². The minimum absolute atomic E-state index is 0.0972. The minimum atomic E-state index is -3.58. The maximum absolute atomic E-state index is 13.2. The molecule has 156 valence electrons. The number of aryl methyl sites for hydroxylation is 1. The van der Waals surface area contributed by atoms with Crippen LogP contribution in [0.5, 0.6) is 0 Å². The van der Waals surface area contributed by atoms with Crippen LogP contribution >= 0.6 is 0 Å². The summed E-state index contributed by atoms with van der Waals surface area (Å²) in [6.45, 7) is 1.20. The third-order valence-electron chi connectivity index (χ3n) is 5.09. The van der Waals surface area contributed by atoms with Crippen LogP contribution in [-0.2, 0) is 22.8 Å². The standard InChI is InChI=1S/C20H24FN3O4S/c1-23-9-3-6-18(19(23)25)20(26)24-10-7-15(8-11-24)13-22-29(27,28)14-16-4-2-5-17(21)12-16/h2-6,9,12,15,22H,7-8,10-11,13-14H2,1H3. The first kappa shape index (κ1) is 21.2. The Hall–Kier alpha value is -2.52. The van der Waals surface area contributed by atoms with Gasteiger partial charge in [0.1, 0.15) is 11.4 Å². The molecule has 0 radical (unpaired) electrons. The van der Waals surface area contributed by atoms with Gasteiger partial charge >= 0.3 is 0 Å². The zero-order valence-corrected chi connectivity index (χ0v) is 17.0. The molecule has 2 aromatic rings. The van der Waals surface area contributed by atoms with Crippen molar-refractivity contribution in [2.45, 2.75) is 18.6 Å². The maximum atomic E-state index is 13.2. The Morgan fingerprint density at radius 1 is 1.21 bits per heavy atom. The van der Waals surface area contributed by atoms with Gasteiger partial charge in [-0.2, -0.15) is 0 Å². The van der Waals surface area contributed by atoms with Crippen LogP contribution in [-0.4, -0.2) is 43.4 Å². The van der Waals surface area contributed by atoms with Crippen LogP contribution in [0.3, 0.4) is 0 Å². The van der Waals surface area contributed by atoms with Crippen molar-refractivity contribution in [1.29, 1.82) is 0 Å². The van der Waals surface area contributed by atoms with Crippen molar-refractivity contribution in [3.05, 3.63) is 69.9 Å². The smallest absolute Gasteiger partial charge is 0.263 e. The first-order chi connectivity index (χ1) is 13.7. The molecule has 9 heteroatoms. The van der Waals surface area contributed by atoms with Gasteiger partial charge in [0.15, 0.2) is 0 Å². The molecule has 1 aromatic heterocycles. The van der Waals surface area contributed by atoms with Gasteiger partial charge in [-0.1, -0.05) is 12.1 Å². The molecule has 1 amide bonds. The Balaban J connectivity index is 1.51. The third-order valence-corrected chi connectivity index (χ3v) is 6.41. The number of likely N-dealkylation sites (tertiary alicyclic amines) is 1. The number of aromatic nitrogens is 1. The Labute approximate surface area is 169 Å². The molecular formula is C20H24FN3O4S. The highest BCUT2D eigenvalue weighted by atomic mass is 32.2. The third kappa shape index (κ3) is 5.51. The van der Waals surface area contributed by atoms with E-state index in [-0.39, 0.29) is 35.2 Å². The summed E-state index contributed by atoms with van der Waals surface area (Å²) in [6.07, 6.45) is 2.88. The number of amides is 1. The number of benzene rings is 1. The van der Waals surface area contributed by atoms with Crippen LogP contribution in [0.2, 0.25) is 0 Å². The average molecular weight is 421 g/mol. The number of hydrogen-bond acceptors (Lipinski definition) is 4. The van der Waals surface area contributed by atoms with Gasteiger partial charge in [0, 0.05) is 32.9 Å². The number of nitrogens with one attached hydrogen (secondary N) is 1. The van der Waals surface area contributed by atoms with Gasteiger partial charge in [0.05, 0.1) is 5.75 Å². The van der Waals surface area contributed by atoms with Crippen LogP contribution in [0.4, 0.5) is 4.39 Å². The number of nitrogens with zero attached hydrogens (tertiary/aromatic N) is 2. The lowest BCUT2D eigenvalue weighted by atomic mass is 9.97. The molecule has 0 bridgehead atoms. The molecule has 0 spiro atoms. The van der Waals surface area contributed by atoms with Gasteiger partial charge in [-0.3, -0.25) is 9.59 Å². The largest absolute Gasteiger partial charge is 0.338 e. The summed E-state index contributed by atoms with van der Waals surface area (Å²) in [4.78, 5) is 26.3. The van der Waals surface area contributed by atoms with Crippen molar-refractivity contribution < 1.29 is 17.6 Å². The minimum Gasteiger partial charge on any atom is -0.338 e. The SMILES string of the molecule is Cn1cccc(C(=O)N2CCC(CNS(=O)(=O)Cc3cccc(F)c3)CC2)c1=O. The normalized spacial score (nSPS) is 15.4. The molecule has 0 atom stereocenters. The highest BCUT2D eigenvalue weighted by molar-refractivity contribution is 7.88. The first-order valence-electron chi connectivity index (χ1n) is 9.42. The second kappa shape index (κ2) is 8.87. The number of pyridine rings is 1. The summed E-state index contributed by atoms with van der Waals surface area (Å²) in [5.41, 5.74) is 0.205. The fourth-order valence-electron chi connectivity index (χ4n) is 3.41. The molecule has 1 saturated heterocycles. The van der Waals surface area contributed by atoms with Gasteiger partial charge in [-0.15, -0.1) is 0 Å². The van der Waals surface area contributed by atoms with E-state index in [9.17, 15) is 22.4 Å². The van der Waals surface area contributed by atoms with Crippen LogP contribution < -0.4 is 10.3 Å². The van der Waals surface area contributed by atoms with Gasteiger partial charge in [-0.05, 0) is 48.6 Å². The van der Waals surface area contributed by atoms with E-state index in [1.54, 1.807) is 30.3 Å². The van der Waals surface area contributed by atoms with Crippen molar-refractivity contribution >= 4 is 15.9 Å². The molecule has 0 unspecified atom stereocenters. The van der Waals surface area contributed by atoms with E-state index in [1.165, 1.54) is 28.8 Å². The summed E-state index contributed by atoms with van der Waals surface area (Å²) in [7, 11) is -1.98. The summed E-state index contributed by atoms with van der Waals surface area (Å²) >= 11 is 0. The monoisotopic (exact) mass is 421 g/mol. The van der Waals surface area contributed by atoms with E-state index in [1.807, 2.05) is 0 Å². The van der Waals surface area contributed by atoms with E-state index >= 15 is 0 Å². The van der Waals surface area contributed by atoms with Gasteiger partial charge in [0.2, 0.25) is 10.0 Å².